The zero-order valence-corrected chi connectivity index (χ0v) is 13.6. The minimum atomic E-state index is -0.135. The smallest absolute Gasteiger partial charge is 0.195 e. The van der Waals surface area contributed by atoms with Crippen LogP contribution in [0.2, 0.25) is 0 Å². The molecule has 0 atom stereocenters. The summed E-state index contributed by atoms with van der Waals surface area (Å²) in [5.74, 6) is 0.556. The number of hydrogen-bond donors (Lipinski definition) is 1. The van der Waals surface area contributed by atoms with Crippen molar-refractivity contribution < 1.29 is 9.53 Å². The molecule has 0 spiro atoms. The number of nitriles is 1. The first-order valence-electron chi connectivity index (χ1n) is 6.75. The molecule has 2 rings (SSSR count). The van der Waals surface area contributed by atoms with Gasteiger partial charge in [-0.3, -0.25) is 10.1 Å². The summed E-state index contributed by atoms with van der Waals surface area (Å²) in [6, 6.07) is 13.9. The molecule has 0 heterocycles. The number of ketones is 1. The topological polar surface area (TPSA) is 74.5 Å². The van der Waals surface area contributed by atoms with Gasteiger partial charge >= 0.3 is 0 Å². The lowest BCUT2D eigenvalue weighted by Gasteiger charge is -2.07. The van der Waals surface area contributed by atoms with Crippen LogP contribution in [0.15, 0.2) is 53.5 Å². The summed E-state index contributed by atoms with van der Waals surface area (Å²) in [6.07, 6.45) is 3.63. The van der Waals surface area contributed by atoms with E-state index in [1.807, 2.05) is 6.19 Å². The summed E-state index contributed by atoms with van der Waals surface area (Å²) < 4.78 is 5.10. The van der Waals surface area contributed by atoms with E-state index in [-0.39, 0.29) is 5.78 Å². The molecular weight excluding hydrogens is 310 g/mol. The number of methoxy groups -OCH3 is 1. The Hall–Kier alpha value is -2.78. The van der Waals surface area contributed by atoms with E-state index in [2.05, 4.69) is 10.3 Å². The van der Waals surface area contributed by atoms with Gasteiger partial charge in [-0.05, 0) is 42.7 Å². The maximum Gasteiger partial charge on any atom is 0.195 e. The number of ether oxygens (including phenoxy) is 1. The second kappa shape index (κ2) is 8.01. The Labute approximate surface area is 139 Å². The molecular formula is C17H15N3O2S. The Morgan fingerprint density at radius 1 is 1.22 bits per heavy atom. The summed E-state index contributed by atoms with van der Waals surface area (Å²) in [5, 5.41) is 11.6. The molecule has 2 aromatic rings. The van der Waals surface area contributed by atoms with E-state index in [9.17, 15) is 4.79 Å². The third-order valence-corrected chi connectivity index (χ3v) is 3.66. The number of para-hydroxylation sites is 1. The number of nitrogens with one attached hydrogen (secondary N) is 1. The lowest BCUT2D eigenvalue weighted by molar-refractivity contribution is 0.103. The Morgan fingerprint density at radius 2 is 1.91 bits per heavy atom. The highest BCUT2D eigenvalue weighted by atomic mass is 32.2. The Balaban J connectivity index is 2.39. The third-order valence-electron chi connectivity index (χ3n) is 3.08. The van der Waals surface area contributed by atoms with Crippen molar-refractivity contribution >= 4 is 28.4 Å². The minimum absolute atomic E-state index is 0.135. The molecule has 0 unspecified atom stereocenters. The van der Waals surface area contributed by atoms with Crippen molar-refractivity contribution in [1.82, 2.24) is 5.32 Å². The molecule has 0 aliphatic rings. The molecule has 23 heavy (non-hydrogen) atoms. The highest BCUT2D eigenvalue weighted by Crippen LogP contribution is 2.24. The van der Waals surface area contributed by atoms with Crippen molar-refractivity contribution in [2.24, 2.45) is 4.99 Å². The molecule has 5 nitrogen and oxygen atoms in total. The summed E-state index contributed by atoms with van der Waals surface area (Å²) >= 11 is 1.30. The predicted molar refractivity (Wildman–Crippen MR) is 92.2 cm³/mol. The SMILES string of the molecule is COc1ccc(C(=O)c2ccccc2N=C(NC#N)SC)cc1. The molecule has 0 amide bonds. The number of nitrogens with zero attached hydrogens (tertiary/aromatic N) is 2. The summed E-state index contributed by atoms with van der Waals surface area (Å²) in [4.78, 5) is 17.0. The molecule has 2 aromatic carbocycles. The molecule has 0 saturated carbocycles. The van der Waals surface area contributed by atoms with Crippen LogP contribution in [0, 0.1) is 11.5 Å². The molecule has 0 aliphatic carbocycles. The predicted octanol–water partition coefficient (Wildman–Crippen LogP) is 3.35. The fourth-order valence-corrected chi connectivity index (χ4v) is 2.28. The number of amidine groups is 1. The van der Waals surface area contributed by atoms with Crippen molar-refractivity contribution in [2.45, 2.75) is 0 Å². The quantitative estimate of drug-likeness (QED) is 0.307. The Bertz CT molecular complexity index is 764. The zero-order valence-electron chi connectivity index (χ0n) is 12.7. The summed E-state index contributed by atoms with van der Waals surface area (Å²) in [6.45, 7) is 0. The second-order valence-corrected chi connectivity index (χ2v) is 5.23. The van der Waals surface area contributed by atoms with Crippen molar-refractivity contribution in [3.05, 3.63) is 59.7 Å². The van der Waals surface area contributed by atoms with Gasteiger partial charge in [-0.1, -0.05) is 23.9 Å². The van der Waals surface area contributed by atoms with E-state index < -0.39 is 0 Å². The maximum atomic E-state index is 12.7. The largest absolute Gasteiger partial charge is 0.497 e. The zero-order chi connectivity index (χ0) is 16.7. The first-order valence-corrected chi connectivity index (χ1v) is 7.97. The van der Waals surface area contributed by atoms with Crippen molar-refractivity contribution in [1.29, 1.82) is 5.26 Å². The average Bonchev–Trinajstić information content (AvgIpc) is 2.61. The van der Waals surface area contributed by atoms with Crippen molar-refractivity contribution in [3.63, 3.8) is 0 Å². The maximum absolute atomic E-state index is 12.7. The second-order valence-electron chi connectivity index (χ2n) is 4.43. The first kappa shape index (κ1) is 16.6. The fraction of sp³-hybridized carbons (Fsp3) is 0.118. The Kier molecular flexibility index (Phi) is 5.78. The van der Waals surface area contributed by atoms with Gasteiger partial charge in [0.2, 0.25) is 0 Å². The molecule has 6 heteroatoms. The number of carbonyl (C=O) groups is 1. The van der Waals surface area contributed by atoms with Crippen LogP contribution in [0.5, 0.6) is 5.75 Å². The van der Waals surface area contributed by atoms with E-state index in [1.165, 1.54) is 11.8 Å². The number of aliphatic imine (C=N–C) groups is 1. The van der Waals surface area contributed by atoms with E-state index in [0.717, 1.165) is 0 Å². The molecule has 0 saturated heterocycles. The third kappa shape index (κ3) is 4.11. The van der Waals surface area contributed by atoms with Gasteiger partial charge in [0.25, 0.3) is 0 Å². The van der Waals surface area contributed by atoms with Gasteiger partial charge < -0.3 is 4.74 Å². The molecule has 1 N–H and O–H groups in total. The highest BCUT2D eigenvalue weighted by molar-refractivity contribution is 8.13. The number of benzene rings is 2. The molecule has 0 radical (unpaired) electrons. The summed E-state index contributed by atoms with van der Waals surface area (Å²) in [5.41, 5.74) is 1.54. The molecule has 0 bridgehead atoms. The monoisotopic (exact) mass is 325 g/mol. The highest BCUT2D eigenvalue weighted by Gasteiger charge is 2.13. The van der Waals surface area contributed by atoms with Crippen LogP contribution in [0.1, 0.15) is 15.9 Å². The lowest BCUT2D eigenvalue weighted by Crippen LogP contribution is -2.13. The van der Waals surface area contributed by atoms with Crippen LogP contribution in [0.25, 0.3) is 0 Å². The number of thioether (sulfide) groups is 1. The van der Waals surface area contributed by atoms with E-state index in [4.69, 9.17) is 10.00 Å². The van der Waals surface area contributed by atoms with E-state index >= 15 is 0 Å². The van der Waals surface area contributed by atoms with Gasteiger partial charge in [-0.25, -0.2) is 4.99 Å². The fourth-order valence-electron chi connectivity index (χ4n) is 1.94. The molecule has 116 valence electrons. The lowest BCUT2D eigenvalue weighted by atomic mass is 10.0. The van der Waals surface area contributed by atoms with E-state index in [0.29, 0.717) is 27.7 Å². The van der Waals surface area contributed by atoms with Crippen LogP contribution < -0.4 is 10.1 Å². The van der Waals surface area contributed by atoms with Gasteiger partial charge in [0, 0.05) is 11.1 Å². The Morgan fingerprint density at radius 3 is 2.52 bits per heavy atom. The molecule has 0 fully saturated rings. The van der Waals surface area contributed by atoms with Gasteiger partial charge in [0.15, 0.2) is 17.1 Å². The number of carbonyl (C=O) groups excluding carboxylic acids is 1. The van der Waals surface area contributed by atoms with Crippen LogP contribution in [-0.4, -0.2) is 24.3 Å². The standard InChI is InChI=1S/C17H15N3O2S/c1-22-13-9-7-12(8-10-13)16(21)14-5-3-4-6-15(14)20-17(23-2)19-11-18/h3-10H,1-2H3,(H,19,20). The average molecular weight is 325 g/mol. The van der Waals surface area contributed by atoms with E-state index in [1.54, 1.807) is 61.9 Å². The molecule has 0 aromatic heterocycles. The van der Waals surface area contributed by atoms with Crippen molar-refractivity contribution in [3.8, 4) is 11.9 Å². The summed E-state index contributed by atoms with van der Waals surface area (Å²) in [7, 11) is 1.58. The van der Waals surface area contributed by atoms with Crippen LogP contribution in [0.3, 0.4) is 0 Å². The number of rotatable bonds is 4. The first-order chi connectivity index (χ1) is 11.2. The minimum Gasteiger partial charge on any atom is -0.497 e. The van der Waals surface area contributed by atoms with Gasteiger partial charge in [0.1, 0.15) is 5.75 Å². The van der Waals surface area contributed by atoms with Gasteiger partial charge in [0.05, 0.1) is 12.8 Å². The van der Waals surface area contributed by atoms with Crippen molar-refractivity contribution in [2.75, 3.05) is 13.4 Å². The van der Waals surface area contributed by atoms with Gasteiger partial charge in [-0.2, -0.15) is 5.26 Å². The normalized spacial score (nSPS) is 10.7. The van der Waals surface area contributed by atoms with Crippen LogP contribution in [-0.2, 0) is 0 Å². The van der Waals surface area contributed by atoms with Gasteiger partial charge in [-0.15, -0.1) is 0 Å². The van der Waals surface area contributed by atoms with Crippen LogP contribution >= 0.6 is 11.8 Å². The molecule has 0 aliphatic heterocycles. The van der Waals surface area contributed by atoms with Crippen LogP contribution in [0.4, 0.5) is 5.69 Å². The number of hydrogen-bond acceptors (Lipinski definition) is 5.